The Kier molecular flexibility index (Phi) is 4.48. The van der Waals surface area contributed by atoms with Crippen LogP contribution >= 0.6 is 0 Å². The average molecular weight is 314 g/mol. The van der Waals surface area contributed by atoms with E-state index in [0.29, 0.717) is 0 Å². The van der Waals surface area contributed by atoms with Crippen LogP contribution in [0.4, 0.5) is 14.5 Å². The molecule has 10 heteroatoms. The third-order valence-corrected chi connectivity index (χ3v) is 4.72. The van der Waals surface area contributed by atoms with Crippen molar-refractivity contribution >= 4 is 25.5 Å². The maximum Gasteiger partial charge on any atom is 0.251 e. The van der Waals surface area contributed by atoms with Crippen molar-refractivity contribution in [3.05, 3.63) is 18.2 Å². The second kappa shape index (κ2) is 5.39. The van der Waals surface area contributed by atoms with E-state index in [4.69, 9.17) is 5.73 Å². The molecule has 0 atom stereocenters. The summed E-state index contributed by atoms with van der Waals surface area (Å²) in [6.07, 6.45) is -1.98. The zero-order chi connectivity index (χ0) is 14.8. The lowest BCUT2D eigenvalue weighted by molar-refractivity contribution is 0.153. The number of benzene rings is 1. The SMILES string of the molecule is CS(=O)(=O)c1ccc(N)c(S(=O)(=O)NCC(F)F)c1. The van der Waals surface area contributed by atoms with Gasteiger partial charge >= 0.3 is 0 Å². The lowest BCUT2D eigenvalue weighted by Crippen LogP contribution is -2.29. The van der Waals surface area contributed by atoms with Crippen LogP contribution in [0.3, 0.4) is 0 Å². The molecular formula is C9H12F2N2O4S2. The van der Waals surface area contributed by atoms with Crippen LogP contribution in [0.5, 0.6) is 0 Å². The summed E-state index contributed by atoms with van der Waals surface area (Å²) in [6.45, 7) is -1.08. The fraction of sp³-hybridized carbons (Fsp3) is 0.333. The van der Waals surface area contributed by atoms with Crippen LogP contribution in [-0.4, -0.2) is 36.1 Å². The maximum atomic E-state index is 12.0. The second-order valence-electron chi connectivity index (χ2n) is 3.71. The van der Waals surface area contributed by atoms with Crippen molar-refractivity contribution in [1.29, 1.82) is 0 Å². The molecule has 0 aliphatic heterocycles. The van der Waals surface area contributed by atoms with Crippen LogP contribution in [0.1, 0.15) is 0 Å². The second-order valence-corrected chi connectivity index (χ2v) is 7.47. The van der Waals surface area contributed by atoms with E-state index in [0.717, 1.165) is 24.5 Å². The molecule has 0 heterocycles. The number of sulfonamides is 1. The van der Waals surface area contributed by atoms with Crippen LogP contribution in [0.2, 0.25) is 0 Å². The van der Waals surface area contributed by atoms with Crippen molar-refractivity contribution < 1.29 is 25.6 Å². The Bertz CT molecular complexity index is 671. The monoisotopic (exact) mass is 314 g/mol. The Hall–Kier alpha value is -1.26. The largest absolute Gasteiger partial charge is 0.398 e. The van der Waals surface area contributed by atoms with E-state index in [1.54, 1.807) is 4.72 Å². The summed E-state index contributed by atoms with van der Waals surface area (Å²) in [5.74, 6) is 0. The first kappa shape index (κ1) is 15.8. The van der Waals surface area contributed by atoms with Gasteiger partial charge in [-0.05, 0) is 18.2 Å². The van der Waals surface area contributed by atoms with Crippen LogP contribution < -0.4 is 10.5 Å². The summed E-state index contributed by atoms with van der Waals surface area (Å²) in [5, 5.41) is 0. The number of nitrogens with one attached hydrogen (secondary N) is 1. The number of rotatable bonds is 5. The number of hydrogen-bond donors (Lipinski definition) is 2. The van der Waals surface area contributed by atoms with Crippen molar-refractivity contribution in [3.8, 4) is 0 Å². The first-order chi connectivity index (χ1) is 8.54. The maximum absolute atomic E-state index is 12.0. The summed E-state index contributed by atoms with van der Waals surface area (Å²) in [6, 6.07) is 3.06. The Morgan fingerprint density at radius 1 is 1.26 bits per heavy atom. The summed E-state index contributed by atoms with van der Waals surface area (Å²) in [4.78, 5) is -0.810. The van der Waals surface area contributed by atoms with Gasteiger partial charge < -0.3 is 5.73 Å². The van der Waals surface area contributed by atoms with Crippen molar-refractivity contribution in [3.63, 3.8) is 0 Å². The molecule has 6 nitrogen and oxygen atoms in total. The fourth-order valence-electron chi connectivity index (χ4n) is 1.23. The number of nitrogen functional groups attached to an aromatic ring is 1. The third-order valence-electron chi connectivity index (χ3n) is 2.13. The molecule has 19 heavy (non-hydrogen) atoms. The van der Waals surface area contributed by atoms with Gasteiger partial charge in [0.1, 0.15) is 4.90 Å². The number of sulfone groups is 1. The van der Waals surface area contributed by atoms with E-state index < -0.39 is 37.7 Å². The molecule has 0 aliphatic carbocycles. The smallest absolute Gasteiger partial charge is 0.251 e. The highest BCUT2D eigenvalue weighted by atomic mass is 32.2. The molecule has 108 valence electrons. The van der Waals surface area contributed by atoms with Crippen molar-refractivity contribution in [2.75, 3.05) is 18.5 Å². The normalized spacial score (nSPS) is 12.8. The Morgan fingerprint density at radius 3 is 2.32 bits per heavy atom. The number of anilines is 1. The standard InChI is InChI=1S/C9H12F2N2O4S2/c1-18(14,15)6-2-3-7(12)8(4-6)19(16,17)13-5-9(10)11/h2-4,9,13H,5,12H2,1H3. The van der Waals surface area contributed by atoms with Crippen LogP contribution in [0.15, 0.2) is 28.0 Å². The molecular weight excluding hydrogens is 302 g/mol. The van der Waals surface area contributed by atoms with Crippen molar-refractivity contribution in [2.45, 2.75) is 16.2 Å². The summed E-state index contributed by atoms with van der Waals surface area (Å²) in [7, 11) is -7.92. The van der Waals surface area contributed by atoms with Gasteiger partial charge in [0, 0.05) is 6.26 Å². The van der Waals surface area contributed by atoms with E-state index >= 15 is 0 Å². The molecule has 0 fully saturated rings. The molecule has 1 aromatic carbocycles. The summed E-state index contributed by atoms with van der Waals surface area (Å²) >= 11 is 0. The van der Waals surface area contributed by atoms with Gasteiger partial charge in [-0.3, -0.25) is 0 Å². The lowest BCUT2D eigenvalue weighted by atomic mass is 10.3. The van der Waals surface area contributed by atoms with E-state index in [2.05, 4.69) is 0 Å². The Morgan fingerprint density at radius 2 is 1.84 bits per heavy atom. The molecule has 3 N–H and O–H groups in total. The molecule has 0 aromatic heterocycles. The van der Waals surface area contributed by atoms with Crippen LogP contribution in [0, 0.1) is 0 Å². The number of halogens is 2. The van der Waals surface area contributed by atoms with Gasteiger partial charge in [0.15, 0.2) is 9.84 Å². The van der Waals surface area contributed by atoms with Gasteiger partial charge in [-0.1, -0.05) is 0 Å². The quantitative estimate of drug-likeness (QED) is 0.756. The van der Waals surface area contributed by atoms with E-state index in [1.807, 2.05) is 0 Å². The third kappa shape index (κ3) is 4.11. The number of alkyl halides is 2. The van der Waals surface area contributed by atoms with Crippen molar-refractivity contribution in [1.82, 2.24) is 4.72 Å². The van der Waals surface area contributed by atoms with Gasteiger partial charge in [-0.2, -0.15) is 0 Å². The van der Waals surface area contributed by atoms with Gasteiger partial charge in [-0.25, -0.2) is 30.3 Å². The summed E-state index contributed by atoms with van der Waals surface area (Å²) < 4.78 is 71.7. The molecule has 1 aromatic rings. The van der Waals surface area contributed by atoms with Crippen LogP contribution in [0.25, 0.3) is 0 Å². The predicted octanol–water partition coefficient (Wildman–Crippen LogP) is 0.216. The highest BCUT2D eigenvalue weighted by Crippen LogP contribution is 2.22. The van der Waals surface area contributed by atoms with Gasteiger partial charge in [0.2, 0.25) is 10.0 Å². The average Bonchev–Trinajstić information content (AvgIpc) is 2.25. The number of hydrogen-bond acceptors (Lipinski definition) is 5. The van der Waals surface area contributed by atoms with Gasteiger partial charge in [0.05, 0.1) is 17.1 Å². The minimum Gasteiger partial charge on any atom is -0.398 e. The van der Waals surface area contributed by atoms with E-state index in [-0.39, 0.29) is 10.6 Å². The molecule has 1 rings (SSSR count). The highest BCUT2D eigenvalue weighted by molar-refractivity contribution is 7.91. The Balaban J connectivity index is 3.27. The van der Waals surface area contributed by atoms with E-state index in [1.165, 1.54) is 0 Å². The molecule has 0 unspecified atom stereocenters. The van der Waals surface area contributed by atoms with Gasteiger partial charge in [0.25, 0.3) is 6.43 Å². The predicted molar refractivity (Wildman–Crippen MR) is 65.2 cm³/mol. The molecule has 0 aliphatic rings. The summed E-state index contributed by atoms with van der Waals surface area (Å²) in [5.41, 5.74) is 5.20. The zero-order valence-electron chi connectivity index (χ0n) is 9.80. The topological polar surface area (TPSA) is 106 Å². The molecule has 0 saturated carbocycles. The van der Waals surface area contributed by atoms with Crippen molar-refractivity contribution in [2.24, 2.45) is 0 Å². The number of nitrogens with two attached hydrogens (primary N) is 1. The Labute approximate surface area is 109 Å². The first-order valence-corrected chi connectivity index (χ1v) is 8.29. The minimum absolute atomic E-state index is 0.228. The molecule has 0 spiro atoms. The first-order valence-electron chi connectivity index (χ1n) is 4.91. The molecule has 0 amide bonds. The lowest BCUT2D eigenvalue weighted by Gasteiger charge is -2.10. The fourth-order valence-corrected chi connectivity index (χ4v) is 3.11. The van der Waals surface area contributed by atoms with Gasteiger partial charge in [-0.15, -0.1) is 0 Å². The molecule has 0 radical (unpaired) electrons. The minimum atomic E-state index is -4.29. The zero-order valence-corrected chi connectivity index (χ0v) is 11.4. The molecule has 0 saturated heterocycles. The highest BCUT2D eigenvalue weighted by Gasteiger charge is 2.21. The van der Waals surface area contributed by atoms with Crippen LogP contribution in [-0.2, 0) is 19.9 Å². The van der Waals surface area contributed by atoms with E-state index in [9.17, 15) is 25.6 Å². The molecule has 0 bridgehead atoms.